The van der Waals surface area contributed by atoms with Gasteiger partial charge in [-0.25, -0.2) is 0 Å². The molecule has 0 bridgehead atoms. The summed E-state index contributed by atoms with van der Waals surface area (Å²) in [5.41, 5.74) is 2.22. The van der Waals surface area contributed by atoms with E-state index in [0.717, 1.165) is 29.2 Å². The highest BCUT2D eigenvalue weighted by Crippen LogP contribution is 2.19. The first-order chi connectivity index (χ1) is 7.09. The normalized spacial score (nSPS) is 10.1. The molecule has 0 spiro atoms. The Labute approximate surface area is 95.6 Å². The van der Waals surface area contributed by atoms with E-state index in [9.17, 15) is 4.79 Å². The minimum Gasteiger partial charge on any atom is -0.385 e. The maximum absolute atomic E-state index is 10.7. The van der Waals surface area contributed by atoms with Crippen LogP contribution < -0.4 is 5.32 Å². The Hall–Kier alpha value is -1.02. The van der Waals surface area contributed by atoms with Crippen molar-refractivity contribution in [1.29, 1.82) is 0 Å². The second-order valence-corrected chi connectivity index (χ2v) is 4.13. The molecule has 1 aromatic carbocycles. The molecule has 3 heteroatoms. The Morgan fingerprint density at radius 1 is 1.47 bits per heavy atom. The van der Waals surface area contributed by atoms with Crippen LogP contribution in [0.25, 0.3) is 0 Å². The van der Waals surface area contributed by atoms with Gasteiger partial charge in [0.2, 0.25) is 0 Å². The Kier molecular flexibility index (Phi) is 4.63. The molecular formula is C12H16ClNO. The maximum Gasteiger partial charge on any atom is 0.129 e. The SMILES string of the molecule is CC(=O)CCCNc1ccc(Cl)cc1C. The fourth-order valence-electron chi connectivity index (χ4n) is 1.39. The lowest BCUT2D eigenvalue weighted by molar-refractivity contribution is -0.117. The van der Waals surface area contributed by atoms with Gasteiger partial charge in [-0.05, 0) is 44.0 Å². The van der Waals surface area contributed by atoms with Crippen LogP contribution in [0.15, 0.2) is 18.2 Å². The quantitative estimate of drug-likeness (QED) is 0.778. The summed E-state index contributed by atoms with van der Waals surface area (Å²) in [6, 6.07) is 5.75. The molecule has 1 aromatic rings. The zero-order valence-electron chi connectivity index (χ0n) is 9.14. The molecule has 2 nitrogen and oxygen atoms in total. The van der Waals surface area contributed by atoms with E-state index >= 15 is 0 Å². The first-order valence-corrected chi connectivity index (χ1v) is 5.47. The van der Waals surface area contributed by atoms with Crippen LogP contribution in [0, 0.1) is 6.92 Å². The molecule has 0 radical (unpaired) electrons. The lowest BCUT2D eigenvalue weighted by Crippen LogP contribution is -2.04. The summed E-state index contributed by atoms with van der Waals surface area (Å²) in [5, 5.41) is 4.04. The number of carbonyl (C=O) groups excluding carboxylic acids is 1. The highest BCUT2D eigenvalue weighted by molar-refractivity contribution is 6.30. The van der Waals surface area contributed by atoms with Gasteiger partial charge in [-0.1, -0.05) is 11.6 Å². The van der Waals surface area contributed by atoms with Crippen LogP contribution in [0.1, 0.15) is 25.3 Å². The van der Waals surface area contributed by atoms with Crippen LogP contribution in [0.2, 0.25) is 5.02 Å². The number of hydrogen-bond acceptors (Lipinski definition) is 2. The van der Waals surface area contributed by atoms with Gasteiger partial charge in [0.15, 0.2) is 0 Å². The smallest absolute Gasteiger partial charge is 0.129 e. The van der Waals surface area contributed by atoms with Gasteiger partial charge in [0, 0.05) is 23.7 Å². The number of rotatable bonds is 5. The average molecular weight is 226 g/mol. The minimum absolute atomic E-state index is 0.240. The minimum atomic E-state index is 0.240. The van der Waals surface area contributed by atoms with E-state index in [4.69, 9.17) is 11.6 Å². The molecule has 0 aliphatic heterocycles. The summed E-state index contributed by atoms with van der Waals surface area (Å²) < 4.78 is 0. The van der Waals surface area contributed by atoms with Crippen molar-refractivity contribution in [3.63, 3.8) is 0 Å². The van der Waals surface area contributed by atoms with Crippen molar-refractivity contribution in [2.45, 2.75) is 26.7 Å². The van der Waals surface area contributed by atoms with Gasteiger partial charge in [-0.2, -0.15) is 0 Å². The van der Waals surface area contributed by atoms with Crippen molar-refractivity contribution in [3.05, 3.63) is 28.8 Å². The molecule has 0 aromatic heterocycles. The predicted molar refractivity (Wildman–Crippen MR) is 64.6 cm³/mol. The molecule has 0 fully saturated rings. The van der Waals surface area contributed by atoms with Gasteiger partial charge in [-0.15, -0.1) is 0 Å². The number of nitrogens with one attached hydrogen (secondary N) is 1. The highest BCUT2D eigenvalue weighted by atomic mass is 35.5. The summed E-state index contributed by atoms with van der Waals surface area (Å²) in [7, 11) is 0. The second-order valence-electron chi connectivity index (χ2n) is 3.69. The highest BCUT2D eigenvalue weighted by Gasteiger charge is 1.98. The Morgan fingerprint density at radius 3 is 2.80 bits per heavy atom. The summed E-state index contributed by atoms with van der Waals surface area (Å²) in [6.45, 7) is 4.45. The van der Waals surface area contributed by atoms with Gasteiger partial charge in [-0.3, -0.25) is 0 Å². The number of ketones is 1. The zero-order valence-corrected chi connectivity index (χ0v) is 9.90. The Morgan fingerprint density at radius 2 is 2.20 bits per heavy atom. The number of carbonyl (C=O) groups is 1. The standard InChI is InChI=1S/C12H16ClNO/c1-9-8-11(13)5-6-12(9)14-7-3-4-10(2)15/h5-6,8,14H,3-4,7H2,1-2H3. The number of aryl methyl sites for hydroxylation is 1. The molecule has 0 unspecified atom stereocenters. The van der Waals surface area contributed by atoms with Crippen LogP contribution in [-0.2, 0) is 4.79 Å². The number of Topliss-reactive ketones (excluding diaryl/α,β-unsaturated/α-hetero) is 1. The van der Waals surface area contributed by atoms with E-state index in [2.05, 4.69) is 5.32 Å². The molecular weight excluding hydrogens is 210 g/mol. The third-order valence-electron chi connectivity index (χ3n) is 2.21. The topological polar surface area (TPSA) is 29.1 Å². The molecule has 0 aliphatic rings. The Bertz CT molecular complexity index is 349. The van der Waals surface area contributed by atoms with Gasteiger partial charge < -0.3 is 10.1 Å². The molecule has 0 saturated carbocycles. The van der Waals surface area contributed by atoms with E-state index in [1.807, 2.05) is 25.1 Å². The van der Waals surface area contributed by atoms with E-state index in [1.54, 1.807) is 6.92 Å². The summed E-state index contributed by atoms with van der Waals surface area (Å²) in [4.78, 5) is 10.7. The third-order valence-corrected chi connectivity index (χ3v) is 2.44. The van der Waals surface area contributed by atoms with Crippen molar-refractivity contribution in [3.8, 4) is 0 Å². The number of hydrogen-bond donors (Lipinski definition) is 1. The largest absolute Gasteiger partial charge is 0.385 e. The molecule has 0 heterocycles. The molecule has 82 valence electrons. The van der Waals surface area contributed by atoms with Gasteiger partial charge in [0.1, 0.15) is 5.78 Å². The fourth-order valence-corrected chi connectivity index (χ4v) is 1.61. The van der Waals surface area contributed by atoms with Crippen molar-refractivity contribution >= 4 is 23.1 Å². The number of anilines is 1. The first kappa shape index (κ1) is 12.1. The van der Waals surface area contributed by atoms with E-state index in [1.165, 1.54) is 0 Å². The average Bonchev–Trinajstić information content (AvgIpc) is 2.14. The summed E-state index contributed by atoms with van der Waals surface area (Å²) in [6.07, 6.45) is 1.51. The van der Waals surface area contributed by atoms with Crippen LogP contribution in [0.4, 0.5) is 5.69 Å². The van der Waals surface area contributed by atoms with Crippen LogP contribution in [0.5, 0.6) is 0 Å². The lowest BCUT2D eigenvalue weighted by Gasteiger charge is -2.08. The van der Waals surface area contributed by atoms with Crippen molar-refractivity contribution in [1.82, 2.24) is 0 Å². The van der Waals surface area contributed by atoms with E-state index in [0.29, 0.717) is 6.42 Å². The van der Waals surface area contributed by atoms with Crippen LogP contribution in [0.3, 0.4) is 0 Å². The Balaban J connectivity index is 2.40. The van der Waals surface area contributed by atoms with Crippen molar-refractivity contribution in [2.75, 3.05) is 11.9 Å². The predicted octanol–water partition coefficient (Wildman–Crippen LogP) is 3.43. The second kappa shape index (κ2) is 5.76. The molecule has 1 N–H and O–H groups in total. The first-order valence-electron chi connectivity index (χ1n) is 5.09. The van der Waals surface area contributed by atoms with Gasteiger partial charge >= 0.3 is 0 Å². The lowest BCUT2D eigenvalue weighted by atomic mass is 10.2. The molecule has 1 rings (SSSR count). The molecule has 0 aliphatic carbocycles. The maximum atomic E-state index is 10.7. The number of halogens is 1. The van der Waals surface area contributed by atoms with Crippen molar-refractivity contribution in [2.24, 2.45) is 0 Å². The third kappa shape index (κ3) is 4.34. The van der Waals surface area contributed by atoms with Crippen LogP contribution >= 0.6 is 11.6 Å². The van der Waals surface area contributed by atoms with Gasteiger partial charge in [0.05, 0.1) is 0 Å². The fraction of sp³-hybridized carbons (Fsp3) is 0.417. The molecule has 0 atom stereocenters. The van der Waals surface area contributed by atoms with E-state index in [-0.39, 0.29) is 5.78 Å². The summed E-state index contributed by atoms with van der Waals surface area (Å²) in [5.74, 6) is 0.240. The number of benzene rings is 1. The van der Waals surface area contributed by atoms with E-state index < -0.39 is 0 Å². The summed E-state index contributed by atoms with van der Waals surface area (Å²) >= 11 is 5.85. The van der Waals surface area contributed by atoms with Crippen molar-refractivity contribution < 1.29 is 4.79 Å². The monoisotopic (exact) mass is 225 g/mol. The van der Waals surface area contributed by atoms with Crippen LogP contribution in [-0.4, -0.2) is 12.3 Å². The molecule has 0 saturated heterocycles. The zero-order chi connectivity index (χ0) is 11.3. The molecule has 0 amide bonds. The molecule has 15 heavy (non-hydrogen) atoms. The van der Waals surface area contributed by atoms with Gasteiger partial charge in [0.25, 0.3) is 0 Å².